The Morgan fingerprint density at radius 3 is 2.33 bits per heavy atom. The number of aromatic amines is 2. The van der Waals surface area contributed by atoms with E-state index < -0.39 is 11.7 Å². The molecule has 4 heterocycles. The maximum absolute atomic E-state index is 13.1. The lowest BCUT2D eigenvalue weighted by atomic mass is 10.1. The van der Waals surface area contributed by atoms with E-state index >= 15 is 0 Å². The van der Waals surface area contributed by atoms with E-state index in [9.17, 15) is 13.2 Å². The minimum absolute atomic E-state index is 0.199. The fourth-order valence-electron chi connectivity index (χ4n) is 4.61. The number of fused-ring (bicyclic) bond motifs is 2. The third-order valence-electron chi connectivity index (χ3n) is 6.61. The predicted molar refractivity (Wildman–Crippen MR) is 153 cm³/mol. The molecule has 206 valence electrons. The maximum Gasteiger partial charge on any atom is 0.416 e. The van der Waals surface area contributed by atoms with Crippen LogP contribution in [0.25, 0.3) is 44.7 Å². The minimum atomic E-state index is -4.45. The van der Waals surface area contributed by atoms with Crippen LogP contribution in [0.15, 0.2) is 104 Å². The molecule has 0 spiro atoms. The van der Waals surface area contributed by atoms with E-state index in [1.165, 1.54) is 6.07 Å². The van der Waals surface area contributed by atoms with Crippen LogP contribution >= 0.6 is 0 Å². The van der Waals surface area contributed by atoms with Gasteiger partial charge in [0.1, 0.15) is 17.2 Å². The molecule has 11 heteroatoms. The topological polar surface area (TPSA) is 104 Å². The van der Waals surface area contributed by atoms with Crippen LogP contribution in [0, 0.1) is 0 Å². The Hall–Kier alpha value is -5.71. The summed E-state index contributed by atoms with van der Waals surface area (Å²) in [5.41, 5.74) is 4.87. The van der Waals surface area contributed by atoms with E-state index in [1.54, 1.807) is 30.7 Å². The molecule has 3 aromatic carbocycles. The van der Waals surface area contributed by atoms with Gasteiger partial charge in [-0.2, -0.15) is 13.2 Å². The number of H-pyrrole nitrogens is 2. The summed E-state index contributed by atoms with van der Waals surface area (Å²) in [4.78, 5) is 23.6. The second-order valence-electron chi connectivity index (χ2n) is 9.50. The van der Waals surface area contributed by atoms with Gasteiger partial charge in [-0.15, -0.1) is 0 Å². The number of hydrogen-bond acceptors (Lipinski definition) is 6. The highest BCUT2D eigenvalue weighted by molar-refractivity contribution is 5.81. The molecule has 0 fully saturated rings. The lowest BCUT2D eigenvalue weighted by molar-refractivity contribution is -0.137. The van der Waals surface area contributed by atoms with Crippen LogP contribution in [0.4, 0.5) is 24.8 Å². The molecular formula is C31H20F3N7O. The van der Waals surface area contributed by atoms with Crippen molar-refractivity contribution < 1.29 is 17.9 Å². The van der Waals surface area contributed by atoms with Crippen molar-refractivity contribution in [2.24, 2.45) is 0 Å². The van der Waals surface area contributed by atoms with Crippen molar-refractivity contribution in [1.29, 1.82) is 0 Å². The molecule has 0 amide bonds. The maximum atomic E-state index is 13.1. The molecule has 0 saturated carbocycles. The first-order valence-corrected chi connectivity index (χ1v) is 12.9. The summed E-state index contributed by atoms with van der Waals surface area (Å²) in [6.45, 7) is 0. The highest BCUT2D eigenvalue weighted by Crippen LogP contribution is 2.33. The molecule has 42 heavy (non-hydrogen) atoms. The molecule has 8 nitrogen and oxygen atoms in total. The van der Waals surface area contributed by atoms with Crippen molar-refractivity contribution in [3.05, 3.63) is 109 Å². The van der Waals surface area contributed by atoms with E-state index in [2.05, 4.69) is 35.2 Å². The lowest BCUT2D eigenvalue weighted by Gasteiger charge is -2.06. The van der Waals surface area contributed by atoms with Crippen molar-refractivity contribution in [3.8, 4) is 34.1 Å². The number of pyridine rings is 2. The van der Waals surface area contributed by atoms with Crippen molar-refractivity contribution in [2.45, 2.75) is 6.18 Å². The third kappa shape index (κ3) is 5.10. The zero-order chi connectivity index (χ0) is 28.7. The molecule has 7 rings (SSSR count). The fourth-order valence-corrected chi connectivity index (χ4v) is 4.61. The summed E-state index contributed by atoms with van der Waals surface area (Å²) in [6.07, 6.45) is 0.622. The van der Waals surface area contributed by atoms with E-state index in [-0.39, 0.29) is 5.52 Å². The first-order valence-electron chi connectivity index (χ1n) is 12.9. The van der Waals surface area contributed by atoms with E-state index in [1.807, 2.05) is 54.6 Å². The Bertz CT molecular complexity index is 2050. The average Bonchev–Trinajstić information content (AvgIpc) is 3.60. The number of nitrogens with one attached hydrogen (secondary N) is 3. The number of imidazole rings is 2. The predicted octanol–water partition coefficient (Wildman–Crippen LogP) is 8.12. The van der Waals surface area contributed by atoms with Crippen LogP contribution in [-0.2, 0) is 6.18 Å². The van der Waals surface area contributed by atoms with E-state index in [0.717, 1.165) is 34.5 Å². The largest absolute Gasteiger partial charge is 0.457 e. The zero-order valence-corrected chi connectivity index (χ0v) is 21.6. The Morgan fingerprint density at radius 1 is 0.690 bits per heavy atom. The number of benzene rings is 3. The summed E-state index contributed by atoms with van der Waals surface area (Å²) < 4.78 is 45.4. The van der Waals surface area contributed by atoms with Crippen LogP contribution < -0.4 is 10.1 Å². The molecule has 0 bridgehead atoms. The quantitative estimate of drug-likeness (QED) is 0.189. The molecule has 0 aliphatic rings. The number of nitrogens with zero attached hydrogens (tertiary/aromatic N) is 4. The van der Waals surface area contributed by atoms with Gasteiger partial charge >= 0.3 is 6.18 Å². The average molecular weight is 564 g/mol. The van der Waals surface area contributed by atoms with Gasteiger partial charge in [0.05, 0.1) is 27.6 Å². The molecule has 0 unspecified atom stereocenters. The number of rotatable bonds is 6. The van der Waals surface area contributed by atoms with Crippen LogP contribution in [-0.4, -0.2) is 29.9 Å². The molecular weight excluding hydrogens is 543 g/mol. The number of hydrogen-bond donors (Lipinski definition) is 3. The summed E-state index contributed by atoms with van der Waals surface area (Å²) in [6, 6.07) is 24.1. The Kier molecular flexibility index (Phi) is 6.04. The monoisotopic (exact) mass is 563 g/mol. The summed E-state index contributed by atoms with van der Waals surface area (Å²) in [7, 11) is 0. The van der Waals surface area contributed by atoms with E-state index in [0.29, 0.717) is 40.0 Å². The van der Waals surface area contributed by atoms with Crippen molar-refractivity contribution in [1.82, 2.24) is 29.9 Å². The smallest absolute Gasteiger partial charge is 0.416 e. The van der Waals surface area contributed by atoms with Gasteiger partial charge < -0.3 is 20.0 Å². The first-order chi connectivity index (χ1) is 20.4. The number of halogens is 3. The second kappa shape index (κ2) is 10.0. The molecule has 7 aromatic rings. The van der Waals surface area contributed by atoms with Crippen molar-refractivity contribution >= 4 is 33.7 Å². The summed E-state index contributed by atoms with van der Waals surface area (Å²) in [5.74, 6) is 1.95. The Balaban J connectivity index is 1.10. The number of anilines is 2. The first kappa shape index (κ1) is 25.3. The molecule has 0 radical (unpaired) electrons. The van der Waals surface area contributed by atoms with Crippen LogP contribution in [0.3, 0.4) is 0 Å². The number of aromatic nitrogens is 6. The minimum Gasteiger partial charge on any atom is -0.457 e. The van der Waals surface area contributed by atoms with Gasteiger partial charge in [-0.25, -0.2) is 9.97 Å². The lowest BCUT2D eigenvalue weighted by Crippen LogP contribution is -2.04. The van der Waals surface area contributed by atoms with Crippen molar-refractivity contribution in [3.63, 3.8) is 0 Å². The van der Waals surface area contributed by atoms with Gasteiger partial charge in [0, 0.05) is 36.4 Å². The standard InChI is InChI=1S/C31H20F3N7O/c32-31(33,34)20-4-6-24-26(15-20)39-29(38-24)28-17-23(10-13-36-28)42-22-5-7-25-27(16-22)41-30(40-25)37-21-3-1-2-19(14-21)18-8-11-35-12-9-18/h1-17H,(H,38,39)(H2,37,40,41). The van der Waals surface area contributed by atoms with Gasteiger partial charge in [-0.1, -0.05) is 12.1 Å². The molecule has 4 aromatic heterocycles. The Labute approximate surface area is 236 Å². The summed E-state index contributed by atoms with van der Waals surface area (Å²) in [5, 5.41) is 3.32. The SMILES string of the molecule is FC(F)(F)c1ccc2[nH]c(-c3cc(Oc4ccc5[nH]c(Nc6cccc(-c7ccncc7)c6)nc5c4)ccn3)nc2c1. The number of ether oxygens (including phenoxy) is 1. The number of alkyl halides is 3. The molecule has 3 N–H and O–H groups in total. The third-order valence-corrected chi connectivity index (χ3v) is 6.61. The van der Waals surface area contributed by atoms with E-state index in [4.69, 9.17) is 4.74 Å². The Morgan fingerprint density at radius 2 is 1.48 bits per heavy atom. The van der Waals surface area contributed by atoms with Crippen molar-refractivity contribution in [2.75, 3.05) is 5.32 Å². The van der Waals surface area contributed by atoms with Gasteiger partial charge in [-0.05, 0) is 71.8 Å². The van der Waals surface area contributed by atoms with Gasteiger partial charge in [0.25, 0.3) is 0 Å². The molecule has 0 saturated heterocycles. The van der Waals surface area contributed by atoms with Crippen LogP contribution in [0.1, 0.15) is 5.56 Å². The molecule has 0 aliphatic carbocycles. The van der Waals surface area contributed by atoms with Crippen LogP contribution in [0.2, 0.25) is 0 Å². The highest BCUT2D eigenvalue weighted by Gasteiger charge is 2.30. The molecule has 0 atom stereocenters. The second-order valence-corrected chi connectivity index (χ2v) is 9.50. The highest BCUT2D eigenvalue weighted by atomic mass is 19.4. The zero-order valence-electron chi connectivity index (χ0n) is 21.6. The van der Waals surface area contributed by atoms with Crippen LogP contribution in [0.5, 0.6) is 11.5 Å². The van der Waals surface area contributed by atoms with Gasteiger partial charge in [-0.3, -0.25) is 9.97 Å². The molecule has 0 aliphatic heterocycles. The fraction of sp³-hybridized carbons (Fsp3) is 0.0323. The summed E-state index contributed by atoms with van der Waals surface area (Å²) >= 11 is 0. The van der Waals surface area contributed by atoms with Gasteiger partial charge in [0.2, 0.25) is 5.95 Å². The van der Waals surface area contributed by atoms with Gasteiger partial charge in [0.15, 0.2) is 5.82 Å². The normalized spacial score (nSPS) is 11.7.